The van der Waals surface area contributed by atoms with Crippen LogP contribution in [-0.4, -0.2) is 33.6 Å². The fourth-order valence-electron chi connectivity index (χ4n) is 2.91. The molecule has 144 valence electrons. The summed E-state index contributed by atoms with van der Waals surface area (Å²) in [5.41, 5.74) is 1.22. The van der Waals surface area contributed by atoms with E-state index in [0.717, 1.165) is 12.1 Å². The molecule has 3 aromatic rings. The molecular formula is C20H15F2NO5. The van der Waals surface area contributed by atoms with Crippen LogP contribution in [0.25, 0.3) is 16.7 Å². The van der Waals surface area contributed by atoms with Gasteiger partial charge in [0.05, 0.1) is 18.0 Å². The van der Waals surface area contributed by atoms with E-state index < -0.39 is 29.1 Å². The number of methoxy groups -OCH3 is 1. The Hall–Kier alpha value is -3.68. The number of benzene rings is 2. The molecule has 0 unspecified atom stereocenters. The first kappa shape index (κ1) is 19.1. The Kier molecular flexibility index (Phi) is 5.12. The van der Waals surface area contributed by atoms with E-state index in [0.29, 0.717) is 28.3 Å². The Morgan fingerprint density at radius 3 is 2.54 bits per heavy atom. The molecule has 0 saturated heterocycles. The molecule has 2 N–H and O–H groups in total. The maximum absolute atomic E-state index is 13.5. The van der Waals surface area contributed by atoms with E-state index in [-0.39, 0.29) is 12.1 Å². The van der Waals surface area contributed by atoms with Gasteiger partial charge < -0.3 is 19.5 Å². The Bertz CT molecular complexity index is 1120. The van der Waals surface area contributed by atoms with Gasteiger partial charge in [-0.25, -0.2) is 13.6 Å². The first-order chi connectivity index (χ1) is 13.3. The van der Waals surface area contributed by atoms with Crippen molar-refractivity contribution in [3.63, 3.8) is 0 Å². The SMILES string of the molecule is COc1cccc2c1c(/C(O)=C/C(=O)C(=O)O)cn2Cc1ccc(F)c(F)c1. The van der Waals surface area contributed by atoms with Gasteiger partial charge in [-0.05, 0) is 29.8 Å². The molecular weight excluding hydrogens is 372 g/mol. The highest BCUT2D eigenvalue weighted by atomic mass is 19.2. The number of carbonyl (C=O) groups excluding carboxylic acids is 1. The number of rotatable bonds is 6. The first-order valence-corrected chi connectivity index (χ1v) is 8.10. The van der Waals surface area contributed by atoms with E-state index in [2.05, 4.69) is 0 Å². The van der Waals surface area contributed by atoms with Gasteiger partial charge in [-0.15, -0.1) is 0 Å². The molecule has 6 nitrogen and oxygen atoms in total. The van der Waals surface area contributed by atoms with Crippen molar-refractivity contribution < 1.29 is 33.3 Å². The number of hydrogen-bond donors (Lipinski definition) is 2. The summed E-state index contributed by atoms with van der Waals surface area (Å²) in [5.74, 6) is -5.10. The number of ether oxygens (including phenoxy) is 1. The number of aliphatic carboxylic acids is 1. The van der Waals surface area contributed by atoms with Crippen molar-refractivity contribution in [1.82, 2.24) is 4.57 Å². The van der Waals surface area contributed by atoms with E-state index in [1.165, 1.54) is 19.4 Å². The largest absolute Gasteiger partial charge is 0.507 e. The van der Waals surface area contributed by atoms with Crippen LogP contribution in [0.3, 0.4) is 0 Å². The molecule has 0 aliphatic rings. The van der Waals surface area contributed by atoms with Crippen molar-refractivity contribution in [3.05, 3.63) is 71.4 Å². The van der Waals surface area contributed by atoms with Gasteiger partial charge in [0.15, 0.2) is 11.6 Å². The van der Waals surface area contributed by atoms with Crippen molar-refractivity contribution in [3.8, 4) is 5.75 Å². The molecule has 1 aromatic heterocycles. The second-order valence-electron chi connectivity index (χ2n) is 5.97. The lowest BCUT2D eigenvalue weighted by atomic mass is 10.1. The molecule has 3 rings (SSSR count). The number of fused-ring (bicyclic) bond motifs is 1. The van der Waals surface area contributed by atoms with Crippen LogP contribution >= 0.6 is 0 Å². The van der Waals surface area contributed by atoms with E-state index >= 15 is 0 Å². The highest BCUT2D eigenvalue weighted by molar-refractivity contribution is 6.38. The number of carboxylic acids is 1. The molecule has 28 heavy (non-hydrogen) atoms. The Morgan fingerprint density at radius 2 is 1.89 bits per heavy atom. The summed E-state index contributed by atoms with van der Waals surface area (Å²) in [4.78, 5) is 22.2. The molecule has 0 amide bonds. The number of carbonyl (C=O) groups is 2. The minimum absolute atomic E-state index is 0.140. The van der Waals surface area contributed by atoms with Crippen molar-refractivity contribution in [1.29, 1.82) is 0 Å². The van der Waals surface area contributed by atoms with Crippen molar-refractivity contribution in [2.24, 2.45) is 0 Å². The Balaban J connectivity index is 2.15. The molecule has 2 aromatic carbocycles. The molecule has 0 aliphatic carbocycles. The van der Waals surface area contributed by atoms with Crippen LogP contribution in [0, 0.1) is 11.6 Å². The molecule has 0 radical (unpaired) electrons. The summed E-state index contributed by atoms with van der Waals surface area (Å²) >= 11 is 0. The summed E-state index contributed by atoms with van der Waals surface area (Å²) in [6.45, 7) is 0.140. The summed E-state index contributed by atoms with van der Waals surface area (Å²) in [6.07, 6.45) is 2.08. The maximum atomic E-state index is 13.5. The van der Waals surface area contributed by atoms with Crippen LogP contribution in [0.2, 0.25) is 0 Å². The second kappa shape index (κ2) is 7.51. The molecule has 1 heterocycles. The number of nitrogens with zero attached hydrogens (tertiary/aromatic N) is 1. The Morgan fingerprint density at radius 1 is 1.14 bits per heavy atom. The lowest BCUT2D eigenvalue weighted by molar-refractivity contribution is -0.146. The predicted octanol–water partition coefficient (Wildman–Crippen LogP) is 3.53. The zero-order chi connectivity index (χ0) is 20.4. The van der Waals surface area contributed by atoms with Gasteiger partial charge >= 0.3 is 5.97 Å². The lowest BCUT2D eigenvalue weighted by Crippen LogP contribution is -2.09. The average Bonchev–Trinajstić information content (AvgIpc) is 3.03. The molecule has 0 aliphatic heterocycles. The van der Waals surface area contributed by atoms with Crippen molar-refractivity contribution >= 4 is 28.4 Å². The number of halogens is 2. The van der Waals surface area contributed by atoms with Gasteiger partial charge in [-0.1, -0.05) is 12.1 Å². The minimum atomic E-state index is -1.70. The third kappa shape index (κ3) is 3.57. The van der Waals surface area contributed by atoms with E-state index in [1.807, 2.05) is 0 Å². The second-order valence-corrected chi connectivity index (χ2v) is 5.97. The van der Waals surface area contributed by atoms with E-state index in [4.69, 9.17) is 9.84 Å². The first-order valence-electron chi connectivity index (χ1n) is 8.10. The van der Waals surface area contributed by atoms with E-state index in [1.54, 1.807) is 22.8 Å². The van der Waals surface area contributed by atoms with Gasteiger partial charge in [0, 0.05) is 24.4 Å². The number of aliphatic hydroxyl groups is 1. The number of ketones is 1. The average molecular weight is 387 g/mol. The van der Waals surface area contributed by atoms with Crippen molar-refractivity contribution in [2.75, 3.05) is 7.11 Å². The highest BCUT2D eigenvalue weighted by Crippen LogP contribution is 2.34. The number of hydrogen-bond acceptors (Lipinski definition) is 4. The summed E-state index contributed by atoms with van der Waals surface area (Å²) in [6, 6.07) is 8.56. The smallest absolute Gasteiger partial charge is 0.376 e. The number of carboxylic acid groups (broad SMARTS) is 1. The molecule has 0 fully saturated rings. The predicted molar refractivity (Wildman–Crippen MR) is 97.2 cm³/mol. The molecule has 0 bridgehead atoms. The Labute approximate surface area is 157 Å². The van der Waals surface area contributed by atoms with Gasteiger partial charge in [-0.2, -0.15) is 0 Å². The molecule has 0 saturated carbocycles. The molecule has 0 atom stereocenters. The summed E-state index contributed by atoms with van der Waals surface area (Å²) in [5, 5.41) is 19.5. The fourth-order valence-corrected chi connectivity index (χ4v) is 2.91. The molecule has 0 spiro atoms. The zero-order valence-corrected chi connectivity index (χ0v) is 14.6. The minimum Gasteiger partial charge on any atom is -0.507 e. The monoisotopic (exact) mass is 387 g/mol. The summed E-state index contributed by atoms with van der Waals surface area (Å²) < 4.78 is 33.6. The maximum Gasteiger partial charge on any atom is 0.376 e. The number of aromatic nitrogens is 1. The summed E-state index contributed by atoms with van der Waals surface area (Å²) in [7, 11) is 1.43. The van der Waals surface area contributed by atoms with Crippen molar-refractivity contribution in [2.45, 2.75) is 6.54 Å². The van der Waals surface area contributed by atoms with E-state index in [9.17, 15) is 23.5 Å². The quantitative estimate of drug-likeness (QED) is 0.384. The van der Waals surface area contributed by atoms with Gasteiger partial charge in [-0.3, -0.25) is 4.79 Å². The van der Waals surface area contributed by atoms with Crippen LogP contribution in [-0.2, 0) is 16.1 Å². The van der Waals surface area contributed by atoms with Gasteiger partial charge in [0.25, 0.3) is 5.78 Å². The van der Waals surface area contributed by atoms with Gasteiger partial charge in [0.1, 0.15) is 11.5 Å². The third-order valence-electron chi connectivity index (χ3n) is 4.18. The van der Waals surface area contributed by atoms with Crippen LogP contribution in [0.1, 0.15) is 11.1 Å². The fraction of sp³-hybridized carbons (Fsp3) is 0.100. The molecule has 8 heteroatoms. The lowest BCUT2D eigenvalue weighted by Gasteiger charge is -2.07. The van der Waals surface area contributed by atoms with Crippen LogP contribution < -0.4 is 4.74 Å². The highest BCUT2D eigenvalue weighted by Gasteiger charge is 2.18. The third-order valence-corrected chi connectivity index (χ3v) is 4.18. The van der Waals surface area contributed by atoms with Crippen LogP contribution in [0.4, 0.5) is 8.78 Å². The standard InChI is InChI=1S/C20H15F2NO5/c1-28-18-4-2-3-15-19(18)12(16(24)8-17(25)20(26)27)10-23(15)9-11-5-6-13(21)14(22)7-11/h2-8,10,24H,9H2,1H3,(H,26,27)/b16-8-. The topological polar surface area (TPSA) is 88.8 Å². The van der Waals surface area contributed by atoms with Crippen LogP contribution in [0.5, 0.6) is 5.75 Å². The van der Waals surface area contributed by atoms with Gasteiger partial charge in [0.2, 0.25) is 0 Å². The normalized spacial score (nSPS) is 11.6. The number of aliphatic hydroxyl groups excluding tert-OH is 1. The zero-order valence-electron chi connectivity index (χ0n) is 14.6. The van der Waals surface area contributed by atoms with Crippen LogP contribution in [0.15, 0.2) is 48.7 Å².